The van der Waals surface area contributed by atoms with Crippen LogP contribution in [0.3, 0.4) is 0 Å². The fourth-order valence-corrected chi connectivity index (χ4v) is 3.78. The Morgan fingerprint density at radius 2 is 2.00 bits per heavy atom. The maximum Gasteiger partial charge on any atom is 0.245 e. The van der Waals surface area contributed by atoms with Crippen molar-refractivity contribution in [2.24, 2.45) is 5.92 Å². The van der Waals surface area contributed by atoms with Gasteiger partial charge in [-0.1, -0.05) is 6.42 Å². The molecular weight excluding hydrogens is 298 g/mol. The summed E-state index contributed by atoms with van der Waals surface area (Å²) >= 11 is 0. The highest BCUT2D eigenvalue weighted by molar-refractivity contribution is 7.89. The number of rotatable bonds is 6. The number of hydrogen-bond donors (Lipinski definition) is 1. The van der Waals surface area contributed by atoms with Crippen LogP contribution in [-0.2, 0) is 16.6 Å². The lowest BCUT2D eigenvalue weighted by atomic mass is 9.86. The third-order valence-corrected chi connectivity index (χ3v) is 5.69. The second-order valence-corrected chi connectivity index (χ2v) is 7.52. The molecule has 0 radical (unpaired) electrons. The zero-order valence-corrected chi connectivity index (χ0v) is 13.0. The van der Waals surface area contributed by atoms with Crippen LogP contribution >= 0.6 is 0 Å². The van der Waals surface area contributed by atoms with Crippen molar-refractivity contribution in [3.05, 3.63) is 29.3 Å². The number of benzene rings is 1. The molecular formula is C14H20F2N2O2S. The second kappa shape index (κ2) is 6.37. The van der Waals surface area contributed by atoms with E-state index in [1.54, 1.807) is 7.05 Å². The molecule has 1 aliphatic carbocycles. The molecule has 0 aromatic heterocycles. The van der Waals surface area contributed by atoms with Crippen LogP contribution in [0.15, 0.2) is 17.0 Å². The fourth-order valence-electron chi connectivity index (χ4n) is 2.42. The lowest BCUT2D eigenvalue weighted by Crippen LogP contribution is -2.35. The molecule has 1 aromatic rings. The molecule has 0 atom stereocenters. The molecule has 1 aliphatic rings. The minimum Gasteiger partial charge on any atom is -0.316 e. The summed E-state index contributed by atoms with van der Waals surface area (Å²) in [4.78, 5) is -0.588. The van der Waals surface area contributed by atoms with Crippen molar-refractivity contribution in [3.63, 3.8) is 0 Å². The molecule has 0 spiro atoms. The van der Waals surface area contributed by atoms with Crippen molar-refractivity contribution in [3.8, 4) is 0 Å². The van der Waals surface area contributed by atoms with Gasteiger partial charge >= 0.3 is 0 Å². The molecule has 0 bridgehead atoms. The lowest BCUT2D eigenvalue weighted by Gasteiger charge is -2.29. The molecule has 21 heavy (non-hydrogen) atoms. The SMILES string of the molecule is CNCc1cc(F)c(F)c(S(=O)(=O)N(C)CC2CCC2)c1. The molecule has 1 saturated carbocycles. The highest BCUT2D eigenvalue weighted by Crippen LogP contribution is 2.29. The molecule has 0 amide bonds. The highest BCUT2D eigenvalue weighted by Gasteiger charge is 2.30. The van der Waals surface area contributed by atoms with E-state index in [0.717, 1.165) is 29.6 Å². The van der Waals surface area contributed by atoms with E-state index >= 15 is 0 Å². The van der Waals surface area contributed by atoms with Gasteiger partial charge in [0.2, 0.25) is 10.0 Å². The first kappa shape index (κ1) is 16.3. The summed E-state index contributed by atoms with van der Waals surface area (Å²) in [6.45, 7) is 0.617. The standard InChI is InChI=1S/C14H20F2N2O2S/c1-17-8-11-6-12(15)14(16)13(7-11)21(19,20)18(2)9-10-4-3-5-10/h6-7,10,17H,3-5,8-9H2,1-2H3. The zero-order valence-electron chi connectivity index (χ0n) is 12.2. The Hall–Kier alpha value is -1.05. The van der Waals surface area contributed by atoms with E-state index < -0.39 is 26.6 Å². The van der Waals surface area contributed by atoms with Crippen LogP contribution in [0.4, 0.5) is 8.78 Å². The monoisotopic (exact) mass is 318 g/mol. The predicted molar refractivity (Wildman–Crippen MR) is 76.3 cm³/mol. The maximum absolute atomic E-state index is 13.9. The molecule has 1 aromatic carbocycles. The molecule has 0 saturated heterocycles. The molecule has 1 N–H and O–H groups in total. The van der Waals surface area contributed by atoms with E-state index in [1.165, 1.54) is 13.1 Å². The van der Waals surface area contributed by atoms with Gasteiger partial charge in [0.1, 0.15) is 4.90 Å². The molecule has 2 rings (SSSR count). The third kappa shape index (κ3) is 3.41. The maximum atomic E-state index is 13.9. The molecule has 0 aliphatic heterocycles. The van der Waals surface area contributed by atoms with Crippen LogP contribution in [0.2, 0.25) is 0 Å². The van der Waals surface area contributed by atoms with Gasteiger partial charge in [0.25, 0.3) is 0 Å². The number of nitrogens with one attached hydrogen (secondary N) is 1. The van der Waals surface area contributed by atoms with Crippen LogP contribution in [0.5, 0.6) is 0 Å². The first-order chi connectivity index (χ1) is 9.86. The van der Waals surface area contributed by atoms with Gasteiger partial charge in [-0.05, 0) is 43.5 Å². The average Bonchev–Trinajstić information content (AvgIpc) is 2.37. The van der Waals surface area contributed by atoms with Crippen molar-refractivity contribution >= 4 is 10.0 Å². The van der Waals surface area contributed by atoms with E-state index in [4.69, 9.17) is 0 Å². The number of sulfonamides is 1. The van der Waals surface area contributed by atoms with Gasteiger partial charge in [0.05, 0.1) is 0 Å². The molecule has 0 heterocycles. The topological polar surface area (TPSA) is 49.4 Å². The molecule has 1 fully saturated rings. The van der Waals surface area contributed by atoms with Gasteiger partial charge < -0.3 is 5.32 Å². The molecule has 118 valence electrons. The minimum atomic E-state index is -4.01. The normalized spacial score (nSPS) is 16.2. The van der Waals surface area contributed by atoms with Crippen LogP contribution in [0.1, 0.15) is 24.8 Å². The molecule has 4 nitrogen and oxygen atoms in total. The second-order valence-electron chi connectivity index (χ2n) is 5.50. The summed E-state index contributed by atoms with van der Waals surface area (Å²) in [7, 11) is -0.950. The largest absolute Gasteiger partial charge is 0.316 e. The first-order valence-corrected chi connectivity index (χ1v) is 8.39. The number of nitrogens with zero attached hydrogens (tertiary/aromatic N) is 1. The first-order valence-electron chi connectivity index (χ1n) is 6.95. The summed E-state index contributed by atoms with van der Waals surface area (Å²) in [5.74, 6) is -2.13. The quantitative estimate of drug-likeness (QED) is 0.874. The number of hydrogen-bond acceptors (Lipinski definition) is 3. The fraction of sp³-hybridized carbons (Fsp3) is 0.571. The summed E-state index contributed by atoms with van der Waals surface area (Å²) in [5.41, 5.74) is 0.395. The third-order valence-electron chi connectivity index (χ3n) is 3.86. The Morgan fingerprint density at radius 3 is 2.52 bits per heavy atom. The Labute approximate surface area is 124 Å². The van der Waals surface area contributed by atoms with Crippen LogP contribution in [-0.4, -0.2) is 33.4 Å². The average molecular weight is 318 g/mol. The van der Waals surface area contributed by atoms with Gasteiger partial charge in [-0.15, -0.1) is 0 Å². The van der Waals surface area contributed by atoms with E-state index in [-0.39, 0.29) is 6.54 Å². The van der Waals surface area contributed by atoms with E-state index in [9.17, 15) is 17.2 Å². The Morgan fingerprint density at radius 1 is 1.33 bits per heavy atom. The van der Waals surface area contributed by atoms with Crippen molar-refractivity contribution in [1.82, 2.24) is 9.62 Å². The zero-order chi connectivity index (χ0) is 15.6. The van der Waals surface area contributed by atoms with E-state index in [1.807, 2.05) is 0 Å². The Balaban J connectivity index is 2.33. The van der Waals surface area contributed by atoms with Gasteiger partial charge in [-0.2, -0.15) is 0 Å². The van der Waals surface area contributed by atoms with Gasteiger partial charge in [0, 0.05) is 20.1 Å². The predicted octanol–water partition coefficient (Wildman–Crippen LogP) is 2.10. The van der Waals surface area contributed by atoms with Gasteiger partial charge in [0.15, 0.2) is 11.6 Å². The van der Waals surface area contributed by atoms with Crippen molar-refractivity contribution in [2.75, 3.05) is 20.6 Å². The molecule has 7 heteroatoms. The summed E-state index contributed by atoms with van der Waals surface area (Å²) in [5, 5.41) is 2.79. The molecule has 0 unspecified atom stereocenters. The Bertz CT molecular complexity index is 616. The van der Waals surface area contributed by atoms with Crippen LogP contribution < -0.4 is 5.32 Å². The van der Waals surface area contributed by atoms with Crippen molar-refractivity contribution in [1.29, 1.82) is 0 Å². The van der Waals surface area contributed by atoms with Gasteiger partial charge in [-0.25, -0.2) is 21.5 Å². The lowest BCUT2D eigenvalue weighted by molar-refractivity contribution is 0.262. The van der Waals surface area contributed by atoms with E-state index in [0.29, 0.717) is 18.0 Å². The van der Waals surface area contributed by atoms with Crippen molar-refractivity contribution in [2.45, 2.75) is 30.7 Å². The highest BCUT2D eigenvalue weighted by atomic mass is 32.2. The minimum absolute atomic E-state index is 0.270. The van der Waals surface area contributed by atoms with Crippen LogP contribution in [0.25, 0.3) is 0 Å². The summed E-state index contributed by atoms with van der Waals surface area (Å²) in [6, 6.07) is 2.21. The summed E-state index contributed by atoms with van der Waals surface area (Å²) < 4.78 is 53.5. The Kier molecular flexibility index (Phi) is 4.95. The summed E-state index contributed by atoms with van der Waals surface area (Å²) in [6.07, 6.45) is 3.06. The van der Waals surface area contributed by atoms with E-state index in [2.05, 4.69) is 5.32 Å². The van der Waals surface area contributed by atoms with Crippen LogP contribution in [0, 0.1) is 17.6 Å². The smallest absolute Gasteiger partial charge is 0.245 e. The number of halogens is 2. The van der Waals surface area contributed by atoms with Gasteiger partial charge in [-0.3, -0.25) is 0 Å². The van der Waals surface area contributed by atoms with Crippen molar-refractivity contribution < 1.29 is 17.2 Å².